The third-order valence-electron chi connectivity index (χ3n) is 3.08. The Morgan fingerprint density at radius 2 is 1.96 bits per heavy atom. The van der Waals surface area contributed by atoms with Crippen LogP contribution in [0.15, 0.2) is 47.7 Å². The molecule has 2 aromatic rings. The number of aromatic nitrogens is 1. The van der Waals surface area contributed by atoms with Gasteiger partial charge in [-0.1, -0.05) is 11.6 Å². The van der Waals surface area contributed by atoms with Gasteiger partial charge in [0.05, 0.1) is 12.0 Å². The van der Waals surface area contributed by atoms with Gasteiger partial charge in [0, 0.05) is 23.0 Å². The maximum Gasteiger partial charge on any atom is 0.434 e. The van der Waals surface area contributed by atoms with Crippen LogP contribution in [0.5, 0.6) is 5.75 Å². The fourth-order valence-corrected chi connectivity index (χ4v) is 2.13. The number of phenolic OH excluding ortho intramolecular Hbond substituents is 1. The van der Waals surface area contributed by atoms with Crippen molar-refractivity contribution in [3.05, 3.63) is 58.7 Å². The van der Waals surface area contributed by atoms with Crippen LogP contribution in [0.2, 0.25) is 5.02 Å². The van der Waals surface area contributed by atoms with E-state index in [9.17, 15) is 19.8 Å². The van der Waals surface area contributed by atoms with Crippen molar-refractivity contribution < 1.29 is 24.5 Å². The standard InChI is InChI=1S/C17H15ClN2O5/c1-2-25-17(24)19-13-5-7-20(8-6-13)14(16(22)23)10-11-9-12(18)3-4-15(11)21/h3-10,21H,2H2,1H3,(H,22,23). The highest BCUT2D eigenvalue weighted by Gasteiger charge is 2.11. The number of rotatable bonds is 4. The molecule has 0 saturated carbocycles. The van der Waals surface area contributed by atoms with Gasteiger partial charge >= 0.3 is 12.1 Å². The lowest BCUT2D eigenvalue weighted by Gasteiger charge is -2.08. The number of carbonyl (C=O) groups excluding carboxylic acids is 1. The lowest BCUT2D eigenvalue weighted by molar-refractivity contribution is -0.130. The first kappa shape index (κ1) is 18.3. The number of phenols is 1. The monoisotopic (exact) mass is 362 g/mol. The van der Waals surface area contributed by atoms with Crippen molar-refractivity contribution in [2.24, 2.45) is 4.99 Å². The summed E-state index contributed by atoms with van der Waals surface area (Å²) in [5.41, 5.74) is 0.137. The third-order valence-corrected chi connectivity index (χ3v) is 3.31. The lowest BCUT2D eigenvalue weighted by atomic mass is 10.1. The van der Waals surface area contributed by atoms with Crippen LogP contribution >= 0.6 is 11.6 Å². The molecule has 1 amide bonds. The summed E-state index contributed by atoms with van der Waals surface area (Å²) in [6, 6.07) is 7.25. The summed E-state index contributed by atoms with van der Waals surface area (Å²) in [5, 5.41) is 20.0. The highest BCUT2D eigenvalue weighted by Crippen LogP contribution is 2.24. The SMILES string of the molecule is CCOC(=O)N=c1ccn(C(=Cc2cc(Cl)ccc2O)C(=O)O)cc1. The van der Waals surface area contributed by atoms with Crippen molar-refractivity contribution in [3.8, 4) is 5.75 Å². The van der Waals surface area contributed by atoms with Gasteiger partial charge in [-0.3, -0.25) is 0 Å². The van der Waals surface area contributed by atoms with Gasteiger partial charge in [-0.25, -0.2) is 9.59 Å². The zero-order valence-electron chi connectivity index (χ0n) is 13.2. The maximum atomic E-state index is 11.5. The Bertz CT molecular complexity index is 882. The van der Waals surface area contributed by atoms with Crippen LogP contribution in [0, 0.1) is 0 Å². The minimum absolute atomic E-state index is 0.0994. The van der Waals surface area contributed by atoms with E-state index < -0.39 is 12.1 Å². The van der Waals surface area contributed by atoms with E-state index >= 15 is 0 Å². The van der Waals surface area contributed by atoms with Gasteiger partial charge in [0.25, 0.3) is 0 Å². The van der Waals surface area contributed by atoms with Gasteiger partial charge in [-0.15, -0.1) is 0 Å². The van der Waals surface area contributed by atoms with Gasteiger partial charge in [0.15, 0.2) is 0 Å². The lowest BCUT2D eigenvalue weighted by Crippen LogP contribution is -2.12. The number of nitrogens with zero attached hydrogens (tertiary/aromatic N) is 2. The molecule has 0 saturated heterocycles. The Balaban J connectivity index is 2.41. The van der Waals surface area contributed by atoms with Crippen molar-refractivity contribution in [2.45, 2.75) is 6.92 Å². The van der Waals surface area contributed by atoms with E-state index in [1.54, 1.807) is 6.92 Å². The van der Waals surface area contributed by atoms with Gasteiger partial charge in [0.1, 0.15) is 11.4 Å². The predicted molar refractivity (Wildman–Crippen MR) is 91.9 cm³/mol. The van der Waals surface area contributed by atoms with Crippen molar-refractivity contribution in [1.82, 2.24) is 4.57 Å². The van der Waals surface area contributed by atoms with Crippen molar-refractivity contribution in [2.75, 3.05) is 6.61 Å². The average molecular weight is 363 g/mol. The van der Waals surface area contributed by atoms with Crippen LogP contribution in [0.3, 0.4) is 0 Å². The number of carbonyl (C=O) groups is 2. The van der Waals surface area contributed by atoms with E-state index in [1.807, 2.05) is 0 Å². The van der Waals surface area contributed by atoms with E-state index in [2.05, 4.69) is 4.99 Å². The fourth-order valence-electron chi connectivity index (χ4n) is 1.95. The second kappa shape index (κ2) is 8.16. The fraction of sp³-hybridized carbons (Fsp3) is 0.118. The van der Waals surface area contributed by atoms with Gasteiger partial charge in [-0.05, 0) is 43.3 Å². The zero-order chi connectivity index (χ0) is 18.4. The molecule has 0 unspecified atom stereocenters. The highest BCUT2D eigenvalue weighted by molar-refractivity contribution is 6.30. The minimum atomic E-state index is -1.21. The number of benzene rings is 1. The molecule has 1 heterocycles. The summed E-state index contributed by atoms with van der Waals surface area (Å²) in [7, 11) is 0. The summed E-state index contributed by atoms with van der Waals surface area (Å²) < 4.78 is 6.02. The number of aromatic hydroxyl groups is 1. The number of hydrogen-bond acceptors (Lipinski definition) is 4. The first-order valence-electron chi connectivity index (χ1n) is 7.24. The smallest absolute Gasteiger partial charge is 0.434 e. The molecule has 0 spiro atoms. The summed E-state index contributed by atoms with van der Waals surface area (Å²) >= 11 is 5.87. The molecule has 130 valence electrons. The largest absolute Gasteiger partial charge is 0.507 e. The zero-order valence-corrected chi connectivity index (χ0v) is 14.0. The van der Waals surface area contributed by atoms with Gasteiger partial charge in [0.2, 0.25) is 0 Å². The number of aliphatic carboxylic acids is 1. The van der Waals surface area contributed by atoms with Crippen LogP contribution < -0.4 is 5.36 Å². The van der Waals surface area contributed by atoms with Crippen LogP contribution in [0.25, 0.3) is 11.8 Å². The molecule has 25 heavy (non-hydrogen) atoms. The molecular weight excluding hydrogens is 348 g/mol. The number of pyridine rings is 1. The van der Waals surface area contributed by atoms with Crippen molar-refractivity contribution >= 4 is 35.4 Å². The molecule has 0 bridgehead atoms. The Hall–Kier alpha value is -3.06. The normalized spacial score (nSPS) is 11.0. The Labute approximate surface area is 148 Å². The second-order valence-corrected chi connectivity index (χ2v) is 5.25. The number of amides is 1. The van der Waals surface area contributed by atoms with Crippen molar-refractivity contribution in [3.63, 3.8) is 0 Å². The molecule has 0 aliphatic rings. The molecule has 2 rings (SSSR count). The second-order valence-electron chi connectivity index (χ2n) is 4.81. The van der Waals surface area contributed by atoms with Crippen molar-refractivity contribution in [1.29, 1.82) is 0 Å². The molecule has 0 aliphatic carbocycles. The number of carboxylic acids is 1. The molecule has 0 aliphatic heterocycles. The molecule has 1 aromatic carbocycles. The highest BCUT2D eigenvalue weighted by atomic mass is 35.5. The first-order chi connectivity index (χ1) is 11.9. The molecule has 8 heteroatoms. The van der Waals surface area contributed by atoms with E-state index in [-0.39, 0.29) is 23.6 Å². The number of halogens is 1. The van der Waals surface area contributed by atoms with Crippen LogP contribution in [0.4, 0.5) is 4.79 Å². The van der Waals surface area contributed by atoms with Crippen LogP contribution in [-0.4, -0.2) is 33.4 Å². The molecule has 0 atom stereocenters. The number of carboxylic acid groups (broad SMARTS) is 1. The summed E-state index contributed by atoms with van der Waals surface area (Å²) in [4.78, 5) is 26.6. The first-order valence-corrected chi connectivity index (χ1v) is 7.62. The maximum absolute atomic E-state index is 11.5. The Kier molecular flexibility index (Phi) is 5.97. The molecule has 0 fully saturated rings. The Morgan fingerprint density at radius 1 is 1.28 bits per heavy atom. The summed E-state index contributed by atoms with van der Waals surface area (Å²) in [5.74, 6) is -1.31. The molecule has 1 aromatic heterocycles. The predicted octanol–water partition coefficient (Wildman–Crippen LogP) is 2.99. The van der Waals surface area contributed by atoms with Gasteiger partial charge < -0.3 is 19.5 Å². The molecule has 7 nitrogen and oxygen atoms in total. The van der Waals surface area contributed by atoms with Gasteiger partial charge in [-0.2, -0.15) is 4.99 Å². The number of hydrogen-bond donors (Lipinski definition) is 2. The van der Waals surface area contributed by atoms with Crippen LogP contribution in [0.1, 0.15) is 12.5 Å². The summed E-state index contributed by atoms with van der Waals surface area (Å²) in [6.07, 6.45) is 3.42. The van der Waals surface area contributed by atoms with E-state index in [0.29, 0.717) is 10.4 Å². The Morgan fingerprint density at radius 3 is 2.56 bits per heavy atom. The molecule has 2 N–H and O–H groups in total. The van der Waals surface area contributed by atoms with E-state index in [1.165, 1.54) is 53.4 Å². The topological polar surface area (TPSA) is 101 Å². The molecular formula is C17H15ClN2O5. The third kappa shape index (κ3) is 4.95. The quantitative estimate of drug-likeness (QED) is 0.814. The molecule has 0 radical (unpaired) electrons. The number of ether oxygens (including phenoxy) is 1. The minimum Gasteiger partial charge on any atom is -0.507 e. The van der Waals surface area contributed by atoms with E-state index in [0.717, 1.165) is 0 Å². The average Bonchev–Trinajstić information content (AvgIpc) is 2.56. The van der Waals surface area contributed by atoms with E-state index in [4.69, 9.17) is 16.3 Å². The summed E-state index contributed by atoms with van der Waals surface area (Å²) in [6.45, 7) is 1.88. The van der Waals surface area contributed by atoms with Crippen LogP contribution in [-0.2, 0) is 9.53 Å².